The van der Waals surface area contributed by atoms with Crippen molar-refractivity contribution in [1.29, 1.82) is 0 Å². The van der Waals surface area contributed by atoms with Crippen molar-refractivity contribution in [2.24, 2.45) is 11.8 Å². The zero-order valence-electron chi connectivity index (χ0n) is 18.3. The molecule has 4 aliphatic heterocycles. The number of carbonyl (C=O) groups is 3. The highest BCUT2D eigenvalue weighted by Crippen LogP contribution is 2.65. The molecule has 9 heteroatoms. The van der Waals surface area contributed by atoms with Gasteiger partial charge in [-0.05, 0) is 32.1 Å². The molecule has 0 bridgehead atoms. The molecule has 0 aliphatic carbocycles. The van der Waals surface area contributed by atoms with E-state index in [0.29, 0.717) is 10.7 Å². The smallest absolute Gasteiger partial charge is 0.311 e. The first-order chi connectivity index (χ1) is 15.7. The van der Waals surface area contributed by atoms with Gasteiger partial charge in [-0.25, -0.2) is 0 Å². The van der Waals surface area contributed by atoms with Gasteiger partial charge in [-0.1, -0.05) is 42.0 Å². The average Bonchev–Trinajstić information content (AvgIpc) is 3.05. The fraction of sp³-hybridized carbons (Fsp3) is 0.458. The third-order valence-electron chi connectivity index (χ3n) is 7.13. The molecule has 0 radical (unpaired) electrons. The molecule has 5 rings (SSSR count). The first-order valence-corrected chi connectivity index (χ1v) is 12.2. The number of benzene rings is 1. The number of anilines is 1. The lowest BCUT2D eigenvalue weighted by atomic mass is 9.75. The van der Waals surface area contributed by atoms with Crippen LogP contribution in [0.25, 0.3) is 0 Å². The van der Waals surface area contributed by atoms with Crippen LogP contribution < -0.4 is 4.90 Å². The summed E-state index contributed by atoms with van der Waals surface area (Å²) in [7, 11) is 0. The van der Waals surface area contributed by atoms with E-state index >= 15 is 0 Å². The molecule has 2 amide bonds. The zero-order valence-corrected chi connectivity index (χ0v) is 19.9. The van der Waals surface area contributed by atoms with E-state index in [1.807, 2.05) is 25.2 Å². The van der Waals surface area contributed by atoms with Crippen molar-refractivity contribution in [3.63, 3.8) is 0 Å². The van der Waals surface area contributed by atoms with Crippen LogP contribution in [0.2, 0.25) is 5.02 Å². The van der Waals surface area contributed by atoms with Crippen LogP contribution in [0.1, 0.15) is 13.8 Å². The number of carbonyl (C=O) groups excluding carboxylic acids is 3. The second-order valence-electron chi connectivity index (χ2n) is 9.11. The van der Waals surface area contributed by atoms with Gasteiger partial charge in [0, 0.05) is 11.3 Å². The van der Waals surface area contributed by atoms with Crippen LogP contribution in [0.15, 0.2) is 48.6 Å². The molecule has 0 saturated carbocycles. The Morgan fingerprint density at radius 2 is 1.94 bits per heavy atom. The first-order valence-electron chi connectivity index (χ1n) is 11.0. The molecule has 4 heterocycles. The molecule has 4 aliphatic rings. The lowest BCUT2D eigenvalue weighted by Crippen LogP contribution is -2.56. The van der Waals surface area contributed by atoms with E-state index in [-0.39, 0.29) is 31.6 Å². The van der Waals surface area contributed by atoms with Crippen molar-refractivity contribution in [3.05, 3.63) is 53.6 Å². The molecule has 1 unspecified atom stereocenters. The summed E-state index contributed by atoms with van der Waals surface area (Å²) in [6, 6.07) is 5.59. The number of rotatable bonds is 3. The predicted molar refractivity (Wildman–Crippen MR) is 126 cm³/mol. The Balaban J connectivity index is 1.69. The lowest BCUT2D eigenvalue weighted by molar-refractivity contribution is -0.153. The number of thioether (sulfide) groups is 1. The van der Waals surface area contributed by atoms with Gasteiger partial charge in [-0.15, -0.1) is 11.8 Å². The van der Waals surface area contributed by atoms with Crippen molar-refractivity contribution in [2.45, 2.75) is 35.4 Å². The molecule has 7 nitrogen and oxygen atoms in total. The second kappa shape index (κ2) is 7.89. The van der Waals surface area contributed by atoms with Crippen molar-refractivity contribution < 1.29 is 24.2 Å². The molecule has 33 heavy (non-hydrogen) atoms. The van der Waals surface area contributed by atoms with Gasteiger partial charge in [0.2, 0.25) is 5.91 Å². The minimum absolute atomic E-state index is 0.161. The van der Waals surface area contributed by atoms with Gasteiger partial charge in [-0.2, -0.15) is 0 Å². The number of esters is 1. The van der Waals surface area contributed by atoms with E-state index in [4.69, 9.17) is 16.3 Å². The molecule has 174 valence electrons. The summed E-state index contributed by atoms with van der Waals surface area (Å²) in [6.07, 6.45) is 7.53. The van der Waals surface area contributed by atoms with Gasteiger partial charge < -0.3 is 19.6 Å². The van der Waals surface area contributed by atoms with E-state index < -0.39 is 39.4 Å². The number of aliphatic hydroxyl groups is 1. The van der Waals surface area contributed by atoms with E-state index in [1.54, 1.807) is 42.2 Å². The highest BCUT2D eigenvalue weighted by molar-refractivity contribution is 8.02. The Kier molecular flexibility index (Phi) is 5.38. The van der Waals surface area contributed by atoms with Crippen molar-refractivity contribution >= 4 is 46.8 Å². The fourth-order valence-corrected chi connectivity index (χ4v) is 8.12. The third kappa shape index (κ3) is 3.11. The largest absolute Gasteiger partial charge is 0.461 e. The number of aliphatic hydroxyl groups excluding tert-OH is 1. The van der Waals surface area contributed by atoms with E-state index in [2.05, 4.69) is 0 Å². The Morgan fingerprint density at radius 1 is 1.18 bits per heavy atom. The highest BCUT2D eigenvalue weighted by Gasteiger charge is 2.74. The van der Waals surface area contributed by atoms with Crippen LogP contribution >= 0.6 is 23.4 Å². The summed E-state index contributed by atoms with van der Waals surface area (Å²) in [6.45, 7) is 3.78. The molecule has 1 aromatic rings. The van der Waals surface area contributed by atoms with Gasteiger partial charge in [0.05, 0.1) is 39.9 Å². The standard InChI is InChI=1S/C24H25ClN2O5S/c1-14(13-28)27-19-21(30)26(16-8-4-3-7-15(16)25)11-5-10-24(19)17(20(27)29)18-22(31)32-12-6-9-23(18,2)33-24/h3-10,14,17-19,28H,11-13H2,1-2H3/t14-,17+,18-,19?,23+,24+/m1/s1. The van der Waals surface area contributed by atoms with E-state index in [1.165, 1.54) is 16.7 Å². The Morgan fingerprint density at radius 3 is 2.67 bits per heavy atom. The van der Waals surface area contributed by atoms with E-state index in [9.17, 15) is 19.5 Å². The number of amides is 2. The summed E-state index contributed by atoms with van der Waals surface area (Å²) in [5.41, 5.74) is 0.557. The van der Waals surface area contributed by atoms with Gasteiger partial charge in [0.1, 0.15) is 12.6 Å². The Labute approximate surface area is 201 Å². The molecule has 1 N–H and O–H groups in total. The Hall–Kier alpha value is -2.29. The lowest BCUT2D eigenvalue weighted by Gasteiger charge is -2.38. The molecule has 1 aromatic carbocycles. The molecular formula is C24H25ClN2O5S. The number of fused-ring (bicyclic) bond motifs is 2. The maximum absolute atomic E-state index is 14.2. The summed E-state index contributed by atoms with van der Waals surface area (Å²) in [5.74, 6) is -2.55. The van der Waals surface area contributed by atoms with Crippen molar-refractivity contribution in [2.75, 3.05) is 24.7 Å². The summed E-state index contributed by atoms with van der Waals surface area (Å²) >= 11 is 7.90. The van der Waals surface area contributed by atoms with Crippen molar-refractivity contribution in [1.82, 2.24) is 4.90 Å². The van der Waals surface area contributed by atoms with Gasteiger partial charge in [0.15, 0.2) is 0 Å². The average molecular weight is 489 g/mol. The number of cyclic esters (lactones) is 1. The SMILES string of the molecule is C[C@H](CO)N1C(=O)[C@@H]2[C@@H]3C(=O)OCC=C[C@]3(C)S[C@@]23C=CCN(c2ccccc2Cl)C(=O)C13. The normalized spacial score (nSPS) is 36.1. The van der Waals surface area contributed by atoms with Gasteiger partial charge in [0.25, 0.3) is 5.91 Å². The Bertz CT molecular complexity index is 1090. The fourth-order valence-electron chi connectivity index (χ4n) is 5.74. The van der Waals surface area contributed by atoms with Crippen molar-refractivity contribution in [3.8, 4) is 0 Å². The third-order valence-corrected chi connectivity index (χ3v) is 9.25. The monoisotopic (exact) mass is 488 g/mol. The van der Waals surface area contributed by atoms with Crippen LogP contribution in [0.5, 0.6) is 0 Å². The number of halogens is 1. The number of hydrogen-bond acceptors (Lipinski definition) is 6. The van der Waals surface area contributed by atoms with Crippen LogP contribution in [-0.4, -0.2) is 69.1 Å². The zero-order chi connectivity index (χ0) is 23.5. The molecule has 1 spiro atoms. The van der Waals surface area contributed by atoms with E-state index in [0.717, 1.165) is 0 Å². The van der Waals surface area contributed by atoms with Crippen LogP contribution in [0, 0.1) is 11.8 Å². The highest BCUT2D eigenvalue weighted by atomic mass is 35.5. The maximum atomic E-state index is 14.2. The quantitative estimate of drug-likeness (QED) is 0.519. The summed E-state index contributed by atoms with van der Waals surface area (Å²) in [5, 5.41) is 10.4. The van der Waals surface area contributed by atoms with Gasteiger partial charge in [-0.3, -0.25) is 14.4 Å². The number of nitrogens with zero attached hydrogens (tertiary/aromatic N) is 2. The number of likely N-dealkylation sites (tertiary alicyclic amines) is 1. The molecular weight excluding hydrogens is 464 g/mol. The molecule has 6 atom stereocenters. The first kappa shape index (κ1) is 22.5. The van der Waals surface area contributed by atoms with Crippen LogP contribution in [0.3, 0.4) is 0 Å². The topological polar surface area (TPSA) is 87.2 Å². The summed E-state index contributed by atoms with van der Waals surface area (Å²) in [4.78, 5) is 44.2. The maximum Gasteiger partial charge on any atom is 0.311 e. The number of para-hydroxylation sites is 1. The summed E-state index contributed by atoms with van der Waals surface area (Å²) < 4.78 is 3.72. The minimum Gasteiger partial charge on any atom is -0.461 e. The van der Waals surface area contributed by atoms with Crippen LogP contribution in [-0.2, 0) is 19.1 Å². The number of ether oxygens (including phenoxy) is 1. The molecule has 2 fully saturated rings. The molecule has 2 saturated heterocycles. The number of hydrogen-bond donors (Lipinski definition) is 1. The van der Waals surface area contributed by atoms with Crippen LogP contribution in [0.4, 0.5) is 5.69 Å². The van der Waals surface area contributed by atoms with Gasteiger partial charge >= 0.3 is 5.97 Å². The minimum atomic E-state index is -0.978. The molecule has 0 aromatic heterocycles. The second-order valence-corrected chi connectivity index (χ2v) is 11.3. The predicted octanol–water partition coefficient (Wildman–Crippen LogP) is 2.42.